The van der Waals surface area contributed by atoms with E-state index in [2.05, 4.69) is 11.4 Å². The van der Waals surface area contributed by atoms with Gasteiger partial charge in [0.05, 0.1) is 4.88 Å². The predicted molar refractivity (Wildman–Crippen MR) is 89.8 cm³/mol. The highest BCUT2D eigenvalue weighted by molar-refractivity contribution is 7.14. The highest BCUT2D eigenvalue weighted by Crippen LogP contribution is 2.30. The van der Waals surface area contributed by atoms with Crippen molar-refractivity contribution < 1.29 is 4.79 Å². The fourth-order valence-corrected chi connectivity index (χ4v) is 4.03. The van der Waals surface area contributed by atoms with Crippen molar-refractivity contribution in [1.29, 1.82) is 0 Å². The van der Waals surface area contributed by atoms with E-state index in [1.807, 2.05) is 24.3 Å². The molecule has 3 rings (SSSR count). The standard InChI is InChI=1S/C17H18ClNOS/c18-10-9-12-5-7-14(8-6-12)19-17(20)16-11-13-3-1-2-4-15(13)21-16/h5-8,11H,1-4,9-10H2,(H,19,20). The lowest BCUT2D eigenvalue weighted by atomic mass is 9.99. The van der Waals surface area contributed by atoms with Gasteiger partial charge >= 0.3 is 0 Å². The maximum Gasteiger partial charge on any atom is 0.265 e. The van der Waals surface area contributed by atoms with E-state index in [9.17, 15) is 4.79 Å². The lowest BCUT2D eigenvalue weighted by Gasteiger charge is -2.08. The van der Waals surface area contributed by atoms with Gasteiger partial charge in [-0.3, -0.25) is 4.79 Å². The summed E-state index contributed by atoms with van der Waals surface area (Å²) < 4.78 is 0. The maximum absolute atomic E-state index is 12.3. The minimum absolute atomic E-state index is 0.000469. The van der Waals surface area contributed by atoms with Crippen LogP contribution in [-0.4, -0.2) is 11.8 Å². The Labute approximate surface area is 134 Å². The van der Waals surface area contributed by atoms with E-state index in [1.54, 1.807) is 11.3 Å². The Kier molecular flexibility index (Phi) is 4.61. The van der Waals surface area contributed by atoms with E-state index in [-0.39, 0.29) is 5.91 Å². The fraction of sp³-hybridized carbons (Fsp3) is 0.353. The summed E-state index contributed by atoms with van der Waals surface area (Å²) in [6.45, 7) is 0. The lowest BCUT2D eigenvalue weighted by molar-refractivity contribution is 0.103. The fourth-order valence-electron chi connectivity index (χ4n) is 2.66. The molecule has 0 aliphatic heterocycles. The Hall–Kier alpha value is -1.32. The van der Waals surface area contributed by atoms with Crippen LogP contribution in [0.3, 0.4) is 0 Å². The third-order valence-corrected chi connectivity index (χ3v) is 5.24. The molecule has 1 aliphatic carbocycles. The molecule has 110 valence electrons. The van der Waals surface area contributed by atoms with Gasteiger partial charge in [0, 0.05) is 16.4 Å². The van der Waals surface area contributed by atoms with Crippen LogP contribution in [0.4, 0.5) is 5.69 Å². The number of nitrogens with one attached hydrogen (secondary N) is 1. The molecule has 21 heavy (non-hydrogen) atoms. The van der Waals surface area contributed by atoms with E-state index < -0.39 is 0 Å². The first-order chi connectivity index (χ1) is 10.3. The zero-order valence-electron chi connectivity index (χ0n) is 11.8. The van der Waals surface area contributed by atoms with E-state index in [0.717, 1.165) is 29.8 Å². The number of thiophene rings is 1. The number of benzene rings is 1. The minimum Gasteiger partial charge on any atom is -0.321 e. The second kappa shape index (κ2) is 6.63. The molecule has 1 amide bonds. The quantitative estimate of drug-likeness (QED) is 0.816. The van der Waals surface area contributed by atoms with Gasteiger partial charge < -0.3 is 5.32 Å². The summed E-state index contributed by atoms with van der Waals surface area (Å²) in [7, 11) is 0. The Balaban J connectivity index is 1.69. The number of halogens is 1. The van der Waals surface area contributed by atoms with Crippen LogP contribution in [-0.2, 0) is 19.3 Å². The third kappa shape index (κ3) is 3.47. The van der Waals surface area contributed by atoms with Gasteiger partial charge in [0.2, 0.25) is 0 Å². The molecule has 2 nitrogen and oxygen atoms in total. The SMILES string of the molecule is O=C(Nc1ccc(CCCl)cc1)c1cc2c(s1)CCCC2. The molecule has 2 aromatic rings. The largest absolute Gasteiger partial charge is 0.321 e. The number of hydrogen-bond acceptors (Lipinski definition) is 2. The number of aryl methyl sites for hydroxylation is 3. The molecule has 1 aliphatic rings. The molecule has 0 saturated carbocycles. The van der Waals surface area contributed by atoms with Gasteiger partial charge in [0.15, 0.2) is 0 Å². The van der Waals surface area contributed by atoms with E-state index >= 15 is 0 Å². The molecule has 1 heterocycles. The number of fused-ring (bicyclic) bond motifs is 1. The monoisotopic (exact) mass is 319 g/mol. The predicted octanol–water partition coefficient (Wildman–Crippen LogP) is 4.66. The first-order valence-electron chi connectivity index (χ1n) is 7.34. The number of carbonyl (C=O) groups is 1. The molecule has 0 atom stereocenters. The number of anilines is 1. The van der Waals surface area contributed by atoms with Crippen LogP contribution in [0.25, 0.3) is 0 Å². The molecule has 0 saturated heterocycles. The smallest absolute Gasteiger partial charge is 0.265 e. The van der Waals surface area contributed by atoms with Crippen LogP contribution in [0.15, 0.2) is 30.3 Å². The van der Waals surface area contributed by atoms with Crippen molar-refractivity contribution in [3.63, 3.8) is 0 Å². The summed E-state index contributed by atoms with van der Waals surface area (Å²) in [5.41, 5.74) is 3.40. The zero-order valence-corrected chi connectivity index (χ0v) is 13.4. The van der Waals surface area contributed by atoms with Crippen LogP contribution < -0.4 is 5.32 Å². The Morgan fingerprint density at radius 1 is 1.19 bits per heavy atom. The molecule has 0 unspecified atom stereocenters. The molecular formula is C17H18ClNOS. The zero-order chi connectivity index (χ0) is 14.7. The van der Waals surface area contributed by atoms with E-state index in [1.165, 1.54) is 28.8 Å². The summed E-state index contributed by atoms with van der Waals surface area (Å²) >= 11 is 7.37. The molecule has 1 aromatic carbocycles. The Morgan fingerprint density at radius 2 is 1.95 bits per heavy atom. The first kappa shape index (κ1) is 14.6. The van der Waals surface area contributed by atoms with Gasteiger partial charge in [-0.15, -0.1) is 22.9 Å². The molecule has 4 heteroatoms. The van der Waals surface area contributed by atoms with Gasteiger partial charge in [-0.25, -0.2) is 0 Å². The van der Waals surface area contributed by atoms with Crippen molar-refractivity contribution in [2.24, 2.45) is 0 Å². The number of amides is 1. The highest BCUT2D eigenvalue weighted by atomic mass is 35.5. The van der Waals surface area contributed by atoms with Gasteiger partial charge in [-0.05, 0) is 61.4 Å². The van der Waals surface area contributed by atoms with E-state index in [4.69, 9.17) is 11.6 Å². The molecule has 0 spiro atoms. The van der Waals surface area contributed by atoms with Crippen LogP contribution in [0, 0.1) is 0 Å². The average molecular weight is 320 g/mol. The minimum atomic E-state index is -0.000469. The van der Waals surface area contributed by atoms with Crippen LogP contribution in [0.1, 0.15) is 38.5 Å². The van der Waals surface area contributed by atoms with Crippen molar-refractivity contribution in [2.75, 3.05) is 11.2 Å². The summed E-state index contributed by atoms with van der Waals surface area (Å²) in [5, 5.41) is 2.98. The van der Waals surface area contributed by atoms with Gasteiger partial charge in [0.1, 0.15) is 0 Å². The normalized spacial score (nSPS) is 13.8. The second-order valence-electron chi connectivity index (χ2n) is 5.36. The topological polar surface area (TPSA) is 29.1 Å². The molecule has 0 fully saturated rings. The molecular weight excluding hydrogens is 302 g/mol. The molecule has 1 N–H and O–H groups in total. The number of alkyl halides is 1. The molecule has 1 aromatic heterocycles. The summed E-state index contributed by atoms with van der Waals surface area (Å²) in [6.07, 6.45) is 5.59. The second-order valence-corrected chi connectivity index (χ2v) is 6.87. The third-order valence-electron chi connectivity index (χ3n) is 3.82. The van der Waals surface area contributed by atoms with Gasteiger partial charge in [-0.1, -0.05) is 12.1 Å². The molecule has 0 radical (unpaired) electrons. The Morgan fingerprint density at radius 3 is 2.67 bits per heavy atom. The number of hydrogen-bond donors (Lipinski definition) is 1. The van der Waals surface area contributed by atoms with Crippen molar-refractivity contribution >= 4 is 34.5 Å². The number of rotatable bonds is 4. The first-order valence-corrected chi connectivity index (χ1v) is 8.69. The number of carbonyl (C=O) groups excluding carboxylic acids is 1. The van der Waals surface area contributed by atoms with Crippen LogP contribution in [0.2, 0.25) is 0 Å². The Bertz CT molecular complexity index is 609. The molecule has 0 bridgehead atoms. The van der Waals surface area contributed by atoms with Crippen molar-refractivity contribution in [3.8, 4) is 0 Å². The summed E-state index contributed by atoms with van der Waals surface area (Å²) in [5.74, 6) is 0.617. The van der Waals surface area contributed by atoms with Crippen LogP contribution >= 0.6 is 22.9 Å². The van der Waals surface area contributed by atoms with Gasteiger partial charge in [-0.2, -0.15) is 0 Å². The van der Waals surface area contributed by atoms with Crippen LogP contribution in [0.5, 0.6) is 0 Å². The maximum atomic E-state index is 12.3. The lowest BCUT2D eigenvalue weighted by Crippen LogP contribution is -2.10. The van der Waals surface area contributed by atoms with Crippen molar-refractivity contribution in [3.05, 3.63) is 51.2 Å². The van der Waals surface area contributed by atoms with Crippen molar-refractivity contribution in [1.82, 2.24) is 0 Å². The van der Waals surface area contributed by atoms with Crippen molar-refractivity contribution in [2.45, 2.75) is 32.1 Å². The summed E-state index contributed by atoms with van der Waals surface area (Å²) in [4.78, 5) is 14.5. The summed E-state index contributed by atoms with van der Waals surface area (Å²) in [6, 6.07) is 9.96. The van der Waals surface area contributed by atoms with Gasteiger partial charge in [0.25, 0.3) is 5.91 Å². The van der Waals surface area contributed by atoms with E-state index in [0.29, 0.717) is 5.88 Å². The highest BCUT2D eigenvalue weighted by Gasteiger charge is 2.17. The average Bonchev–Trinajstić information content (AvgIpc) is 2.94.